The van der Waals surface area contributed by atoms with Crippen molar-refractivity contribution in [2.75, 3.05) is 6.54 Å². The van der Waals surface area contributed by atoms with Gasteiger partial charge in [0.25, 0.3) is 0 Å². The first-order valence-corrected chi connectivity index (χ1v) is 8.05. The highest BCUT2D eigenvalue weighted by Crippen LogP contribution is 2.39. The van der Waals surface area contributed by atoms with Crippen LogP contribution in [0.5, 0.6) is 5.75 Å². The van der Waals surface area contributed by atoms with Crippen LogP contribution in [0.3, 0.4) is 0 Å². The molecule has 0 aliphatic heterocycles. The second-order valence-corrected chi connectivity index (χ2v) is 7.15. The van der Waals surface area contributed by atoms with Crippen molar-refractivity contribution in [1.82, 2.24) is 5.32 Å². The lowest BCUT2D eigenvalue weighted by Gasteiger charge is -2.42. The van der Waals surface area contributed by atoms with Crippen molar-refractivity contribution < 1.29 is 9.13 Å². The van der Waals surface area contributed by atoms with Crippen LogP contribution < -0.4 is 10.1 Å². The second-order valence-electron chi connectivity index (χ2n) is 7.15. The standard InChI is InChI=1S/C18H28FNO/c1-5-20-16-11-6-13(18(2,3)4)12-17(16)21-15-9-7-14(19)8-10-15/h7-10,13,16-17,20H,5-6,11-12H2,1-4H3. The summed E-state index contributed by atoms with van der Waals surface area (Å²) in [6, 6.07) is 6.75. The molecule has 0 radical (unpaired) electrons. The summed E-state index contributed by atoms with van der Waals surface area (Å²) in [6.45, 7) is 10.00. The molecule has 1 aromatic carbocycles. The molecule has 1 aromatic rings. The Kier molecular flexibility index (Phi) is 5.26. The van der Waals surface area contributed by atoms with Gasteiger partial charge >= 0.3 is 0 Å². The van der Waals surface area contributed by atoms with Crippen molar-refractivity contribution in [3.63, 3.8) is 0 Å². The van der Waals surface area contributed by atoms with Gasteiger partial charge < -0.3 is 10.1 Å². The van der Waals surface area contributed by atoms with Crippen LogP contribution in [0.1, 0.15) is 47.0 Å². The molecule has 2 nitrogen and oxygen atoms in total. The lowest BCUT2D eigenvalue weighted by Crippen LogP contribution is -2.48. The third-order valence-corrected chi connectivity index (χ3v) is 4.58. The minimum atomic E-state index is -0.221. The Morgan fingerprint density at radius 3 is 2.43 bits per heavy atom. The molecular weight excluding hydrogens is 265 g/mol. The van der Waals surface area contributed by atoms with E-state index in [2.05, 4.69) is 33.0 Å². The first-order valence-electron chi connectivity index (χ1n) is 8.05. The number of likely N-dealkylation sites (N-methyl/N-ethyl adjacent to an activating group) is 1. The molecule has 118 valence electrons. The molecule has 3 heteroatoms. The van der Waals surface area contributed by atoms with Gasteiger partial charge in [-0.3, -0.25) is 0 Å². The smallest absolute Gasteiger partial charge is 0.123 e. The van der Waals surface area contributed by atoms with E-state index in [1.165, 1.54) is 18.6 Å². The van der Waals surface area contributed by atoms with Gasteiger partial charge in [-0.25, -0.2) is 4.39 Å². The first-order chi connectivity index (χ1) is 9.90. The Labute approximate surface area is 128 Å². The van der Waals surface area contributed by atoms with Crippen molar-refractivity contribution in [1.29, 1.82) is 0 Å². The molecule has 1 N–H and O–H groups in total. The highest BCUT2D eigenvalue weighted by atomic mass is 19.1. The molecule has 1 fully saturated rings. The molecule has 3 unspecified atom stereocenters. The molecule has 21 heavy (non-hydrogen) atoms. The molecule has 0 heterocycles. The van der Waals surface area contributed by atoms with Crippen molar-refractivity contribution >= 4 is 0 Å². The number of ether oxygens (including phenoxy) is 1. The van der Waals surface area contributed by atoms with Crippen LogP contribution in [0.25, 0.3) is 0 Å². The van der Waals surface area contributed by atoms with Crippen molar-refractivity contribution in [3.05, 3.63) is 30.1 Å². The summed E-state index contributed by atoms with van der Waals surface area (Å²) in [4.78, 5) is 0. The maximum absolute atomic E-state index is 13.0. The molecule has 1 aliphatic carbocycles. The van der Waals surface area contributed by atoms with Crippen LogP contribution in [0.15, 0.2) is 24.3 Å². The number of benzene rings is 1. The van der Waals surface area contributed by atoms with Crippen molar-refractivity contribution in [3.8, 4) is 5.75 Å². The monoisotopic (exact) mass is 293 g/mol. The van der Waals surface area contributed by atoms with Crippen LogP contribution in [-0.4, -0.2) is 18.7 Å². The summed E-state index contributed by atoms with van der Waals surface area (Å²) in [5.41, 5.74) is 0.307. The fourth-order valence-corrected chi connectivity index (χ4v) is 3.23. The zero-order valence-electron chi connectivity index (χ0n) is 13.7. The van der Waals surface area contributed by atoms with Gasteiger partial charge in [-0.1, -0.05) is 27.7 Å². The van der Waals surface area contributed by atoms with E-state index < -0.39 is 0 Å². The summed E-state index contributed by atoms with van der Waals surface area (Å²) in [6.07, 6.45) is 3.60. The Morgan fingerprint density at radius 2 is 1.86 bits per heavy atom. The fraction of sp³-hybridized carbons (Fsp3) is 0.667. The Balaban J connectivity index is 2.08. The maximum Gasteiger partial charge on any atom is 0.123 e. The minimum absolute atomic E-state index is 0.161. The number of halogens is 1. The van der Waals surface area contributed by atoms with Crippen LogP contribution in [0.2, 0.25) is 0 Å². The average molecular weight is 293 g/mol. The van der Waals surface area contributed by atoms with E-state index in [1.807, 2.05) is 0 Å². The fourth-order valence-electron chi connectivity index (χ4n) is 3.23. The largest absolute Gasteiger partial charge is 0.489 e. The summed E-state index contributed by atoms with van der Waals surface area (Å²) >= 11 is 0. The molecule has 0 spiro atoms. The number of rotatable bonds is 4. The third-order valence-electron chi connectivity index (χ3n) is 4.58. The van der Waals surface area contributed by atoms with Gasteiger partial charge in [0.1, 0.15) is 17.7 Å². The SMILES string of the molecule is CCNC1CCC(C(C)(C)C)CC1Oc1ccc(F)cc1. The molecule has 0 aromatic heterocycles. The Hall–Kier alpha value is -1.09. The van der Waals surface area contributed by atoms with Crippen molar-refractivity contribution in [2.24, 2.45) is 11.3 Å². The van der Waals surface area contributed by atoms with Crippen LogP contribution in [0, 0.1) is 17.2 Å². The normalized spacial score (nSPS) is 26.6. The van der Waals surface area contributed by atoms with E-state index >= 15 is 0 Å². The molecule has 0 amide bonds. The average Bonchev–Trinajstić information content (AvgIpc) is 2.42. The topological polar surface area (TPSA) is 21.3 Å². The molecule has 1 aliphatic rings. The van der Waals surface area contributed by atoms with E-state index in [-0.39, 0.29) is 11.9 Å². The van der Waals surface area contributed by atoms with Gasteiger partial charge in [-0.2, -0.15) is 0 Å². The lowest BCUT2D eigenvalue weighted by molar-refractivity contribution is 0.0476. The van der Waals surface area contributed by atoms with Crippen LogP contribution in [-0.2, 0) is 0 Å². The predicted molar refractivity (Wildman–Crippen MR) is 85.1 cm³/mol. The van der Waals surface area contributed by atoms with E-state index in [9.17, 15) is 4.39 Å². The zero-order chi connectivity index (χ0) is 15.5. The van der Waals surface area contributed by atoms with Gasteiger partial charge in [0.15, 0.2) is 0 Å². The lowest BCUT2D eigenvalue weighted by atomic mass is 9.70. The zero-order valence-corrected chi connectivity index (χ0v) is 13.7. The molecule has 2 rings (SSSR count). The number of hydrogen-bond acceptors (Lipinski definition) is 2. The highest BCUT2D eigenvalue weighted by molar-refractivity contribution is 5.22. The number of nitrogens with one attached hydrogen (secondary N) is 1. The van der Waals surface area contributed by atoms with Crippen molar-refractivity contribution in [2.45, 2.75) is 59.1 Å². The number of hydrogen-bond donors (Lipinski definition) is 1. The third kappa shape index (κ3) is 4.44. The minimum Gasteiger partial charge on any atom is -0.489 e. The molecule has 1 saturated carbocycles. The second kappa shape index (κ2) is 6.78. The molecule has 0 saturated heterocycles. The first kappa shape index (κ1) is 16.3. The quantitative estimate of drug-likeness (QED) is 0.888. The highest BCUT2D eigenvalue weighted by Gasteiger charge is 2.36. The summed E-state index contributed by atoms with van der Waals surface area (Å²) in [7, 11) is 0. The van der Waals surface area contributed by atoms with E-state index in [0.29, 0.717) is 17.4 Å². The van der Waals surface area contributed by atoms with E-state index in [0.717, 1.165) is 25.1 Å². The van der Waals surface area contributed by atoms with E-state index in [1.54, 1.807) is 12.1 Å². The summed E-state index contributed by atoms with van der Waals surface area (Å²) < 4.78 is 19.2. The Bertz CT molecular complexity index is 438. The Morgan fingerprint density at radius 1 is 1.19 bits per heavy atom. The van der Waals surface area contributed by atoms with Crippen LogP contribution >= 0.6 is 0 Å². The molecule has 0 bridgehead atoms. The van der Waals surface area contributed by atoms with Gasteiger partial charge in [0, 0.05) is 6.04 Å². The molecular formula is C18H28FNO. The maximum atomic E-state index is 13.0. The molecule has 3 atom stereocenters. The van der Waals surface area contributed by atoms with Gasteiger partial charge in [0.05, 0.1) is 0 Å². The van der Waals surface area contributed by atoms with E-state index in [4.69, 9.17) is 4.74 Å². The van der Waals surface area contributed by atoms with Gasteiger partial charge in [0.2, 0.25) is 0 Å². The van der Waals surface area contributed by atoms with Gasteiger partial charge in [-0.15, -0.1) is 0 Å². The van der Waals surface area contributed by atoms with Gasteiger partial charge in [-0.05, 0) is 61.4 Å². The summed E-state index contributed by atoms with van der Waals surface area (Å²) in [5, 5.41) is 3.54. The summed E-state index contributed by atoms with van der Waals surface area (Å²) in [5.74, 6) is 1.21. The van der Waals surface area contributed by atoms with Crippen LogP contribution in [0.4, 0.5) is 4.39 Å². The predicted octanol–water partition coefficient (Wildman–Crippen LogP) is 4.40.